The van der Waals surface area contributed by atoms with Crippen LogP contribution in [0.4, 0.5) is 5.82 Å². The van der Waals surface area contributed by atoms with Gasteiger partial charge in [0.05, 0.1) is 5.75 Å². The first kappa shape index (κ1) is 30.6. The Hall–Kier alpha value is -1.58. The molecule has 0 bridgehead atoms. The van der Waals surface area contributed by atoms with Gasteiger partial charge < -0.3 is 20.0 Å². The van der Waals surface area contributed by atoms with E-state index >= 15 is 0 Å². The number of rotatable bonds is 12. The highest BCUT2D eigenvalue weighted by Gasteiger charge is 2.30. The zero-order valence-electron chi connectivity index (χ0n) is 23.1. The van der Waals surface area contributed by atoms with Gasteiger partial charge in [-0.1, -0.05) is 58.0 Å². The molecule has 2 heterocycles. The maximum atomic E-state index is 12.7. The molecule has 0 aliphatic carbocycles. The van der Waals surface area contributed by atoms with Crippen LogP contribution in [0.3, 0.4) is 0 Å². The molecule has 2 amide bonds. The van der Waals surface area contributed by atoms with Crippen LogP contribution in [0.15, 0.2) is 11.2 Å². The summed E-state index contributed by atoms with van der Waals surface area (Å²) >= 11 is 7.60. The van der Waals surface area contributed by atoms with Crippen LogP contribution in [0.25, 0.3) is 0 Å². The van der Waals surface area contributed by atoms with Gasteiger partial charge in [-0.15, -0.1) is 0 Å². The lowest BCUT2D eigenvalue weighted by atomic mass is 9.91. The monoisotopic (exact) mass is 540 g/mol. The molecule has 2 unspecified atom stereocenters. The molecule has 0 radical (unpaired) electrons. The summed E-state index contributed by atoms with van der Waals surface area (Å²) in [4.78, 5) is 40.7. The Balaban J connectivity index is 1.87. The van der Waals surface area contributed by atoms with E-state index in [1.54, 1.807) is 6.07 Å². The number of nitrogens with zero attached hydrogens (tertiary/aromatic N) is 5. The Morgan fingerprint density at radius 3 is 2.56 bits per heavy atom. The standard InChI is InChI=1S/C26H45ClN6O2S/c1-8-31(9-2)12-10-11-19(3)28-23(34)18-36-25-29-21(27)15-22(30-25)32-13-14-33(20(4)17-32)24(35)16-26(5,6)7/h15,19-20H,8-14,16-18H2,1-7H3,(H,28,34). The van der Waals surface area contributed by atoms with Crippen LogP contribution in [0.5, 0.6) is 0 Å². The third-order valence-electron chi connectivity index (χ3n) is 6.36. The summed E-state index contributed by atoms with van der Waals surface area (Å²) in [6.07, 6.45) is 2.55. The molecule has 1 saturated heterocycles. The van der Waals surface area contributed by atoms with Gasteiger partial charge in [-0.3, -0.25) is 9.59 Å². The fourth-order valence-electron chi connectivity index (χ4n) is 4.38. The fraction of sp³-hybridized carbons (Fsp3) is 0.769. The molecule has 1 aliphatic rings. The van der Waals surface area contributed by atoms with E-state index in [0.717, 1.165) is 38.3 Å². The largest absolute Gasteiger partial charge is 0.353 e. The van der Waals surface area contributed by atoms with Gasteiger partial charge in [0.2, 0.25) is 11.8 Å². The van der Waals surface area contributed by atoms with Crippen LogP contribution >= 0.6 is 23.4 Å². The number of hydrogen-bond donors (Lipinski definition) is 1. The van der Waals surface area contributed by atoms with E-state index in [1.807, 2.05) is 11.8 Å². The van der Waals surface area contributed by atoms with E-state index in [2.05, 4.69) is 66.6 Å². The molecule has 1 aromatic rings. The Kier molecular flexibility index (Phi) is 12.2. The number of halogens is 1. The van der Waals surface area contributed by atoms with E-state index in [0.29, 0.717) is 36.4 Å². The van der Waals surface area contributed by atoms with Gasteiger partial charge in [0.25, 0.3) is 0 Å². The molecular weight excluding hydrogens is 496 g/mol. The molecular formula is C26H45ClN6O2S. The third kappa shape index (κ3) is 10.4. The summed E-state index contributed by atoms with van der Waals surface area (Å²) < 4.78 is 0. The van der Waals surface area contributed by atoms with E-state index in [1.165, 1.54) is 11.8 Å². The van der Waals surface area contributed by atoms with Crippen LogP contribution in [-0.2, 0) is 9.59 Å². The number of thioether (sulfide) groups is 1. The van der Waals surface area contributed by atoms with Crippen molar-refractivity contribution < 1.29 is 9.59 Å². The molecule has 10 heteroatoms. The summed E-state index contributed by atoms with van der Waals surface area (Å²) in [5.41, 5.74) is -0.0321. The van der Waals surface area contributed by atoms with Gasteiger partial charge in [0.15, 0.2) is 5.16 Å². The topological polar surface area (TPSA) is 81.7 Å². The van der Waals surface area contributed by atoms with E-state index in [4.69, 9.17) is 11.6 Å². The molecule has 1 N–H and O–H groups in total. The van der Waals surface area contributed by atoms with Crippen LogP contribution in [0.2, 0.25) is 5.15 Å². The number of aromatic nitrogens is 2. The molecule has 2 rings (SSSR count). The lowest BCUT2D eigenvalue weighted by Gasteiger charge is -2.41. The molecule has 1 aromatic heterocycles. The van der Waals surface area contributed by atoms with Crippen molar-refractivity contribution >= 4 is 41.0 Å². The summed E-state index contributed by atoms with van der Waals surface area (Å²) in [5, 5.41) is 3.92. The van der Waals surface area contributed by atoms with E-state index < -0.39 is 0 Å². The summed E-state index contributed by atoms with van der Waals surface area (Å²) in [6, 6.07) is 1.96. The van der Waals surface area contributed by atoms with Crippen molar-refractivity contribution in [2.45, 2.75) is 85.0 Å². The Morgan fingerprint density at radius 1 is 1.25 bits per heavy atom. The minimum absolute atomic E-state index is 0.0277. The van der Waals surface area contributed by atoms with Crippen LogP contribution in [0.1, 0.15) is 67.7 Å². The molecule has 1 fully saturated rings. The molecule has 8 nitrogen and oxygen atoms in total. The number of nitrogens with one attached hydrogen (secondary N) is 1. The second kappa shape index (κ2) is 14.4. The van der Waals surface area contributed by atoms with E-state index in [9.17, 15) is 9.59 Å². The van der Waals surface area contributed by atoms with Gasteiger partial charge in [-0.05, 0) is 51.7 Å². The molecule has 0 saturated carbocycles. The predicted molar refractivity (Wildman–Crippen MR) is 150 cm³/mol. The Labute approximate surface area is 226 Å². The predicted octanol–water partition coefficient (Wildman–Crippen LogP) is 4.32. The highest BCUT2D eigenvalue weighted by molar-refractivity contribution is 7.99. The van der Waals surface area contributed by atoms with E-state index in [-0.39, 0.29) is 35.1 Å². The van der Waals surface area contributed by atoms with Gasteiger partial charge in [-0.2, -0.15) is 0 Å². The van der Waals surface area contributed by atoms with Crippen molar-refractivity contribution in [2.75, 3.05) is 49.9 Å². The minimum atomic E-state index is -0.0321. The highest BCUT2D eigenvalue weighted by atomic mass is 35.5. The highest BCUT2D eigenvalue weighted by Crippen LogP contribution is 2.26. The zero-order chi connectivity index (χ0) is 26.9. The molecule has 0 aromatic carbocycles. The average molecular weight is 541 g/mol. The first-order valence-electron chi connectivity index (χ1n) is 13.1. The maximum Gasteiger partial charge on any atom is 0.230 e. The third-order valence-corrected chi connectivity index (χ3v) is 7.40. The van der Waals surface area contributed by atoms with Crippen molar-refractivity contribution in [3.05, 3.63) is 11.2 Å². The van der Waals surface area contributed by atoms with Gasteiger partial charge in [-0.25, -0.2) is 9.97 Å². The zero-order valence-corrected chi connectivity index (χ0v) is 24.7. The summed E-state index contributed by atoms with van der Waals surface area (Å²) in [5.74, 6) is 1.14. The molecule has 204 valence electrons. The van der Waals surface area contributed by atoms with Gasteiger partial charge in [0, 0.05) is 44.2 Å². The van der Waals surface area contributed by atoms with Crippen molar-refractivity contribution in [2.24, 2.45) is 5.41 Å². The van der Waals surface area contributed by atoms with Crippen LogP contribution < -0.4 is 10.2 Å². The molecule has 0 spiro atoms. The second-order valence-electron chi connectivity index (χ2n) is 10.9. The summed E-state index contributed by atoms with van der Waals surface area (Å²) in [7, 11) is 0. The molecule has 2 atom stereocenters. The number of piperazine rings is 1. The molecule has 1 aliphatic heterocycles. The van der Waals surface area contributed by atoms with Crippen molar-refractivity contribution in [3.63, 3.8) is 0 Å². The smallest absolute Gasteiger partial charge is 0.230 e. The number of anilines is 1. The quantitative estimate of drug-likeness (QED) is 0.240. The van der Waals surface area contributed by atoms with Crippen LogP contribution in [-0.4, -0.2) is 88.7 Å². The van der Waals surface area contributed by atoms with Crippen LogP contribution in [0, 0.1) is 5.41 Å². The lowest BCUT2D eigenvalue weighted by Crippen LogP contribution is -2.54. The molecule has 36 heavy (non-hydrogen) atoms. The first-order valence-corrected chi connectivity index (χ1v) is 14.5. The second-order valence-corrected chi connectivity index (χ2v) is 12.2. The van der Waals surface area contributed by atoms with Gasteiger partial charge >= 0.3 is 0 Å². The first-order chi connectivity index (χ1) is 16.9. The van der Waals surface area contributed by atoms with Crippen molar-refractivity contribution in [1.29, 1.82) is 0 Å². The number of amides is 2. The summed E-state index contributed by atoms with van der Waals surface area (Å²) in [6.45, 7) is 19.9. The lowest BCUT2D eigenvalue weighted by molar-refractivity contribution is -0.135. The SMILES string of the molecule is CCN(CC)CCCC(C)NC(=O)CSc1nc(Cl)cc(N2CCN(C(=O)CC(C)(C)C)C(C)C2)n1. The fourth-order valence-corrected chi connectivity index (χ4v) is 5.28. The Morgan fingerprint density at radius 2 is 1.94 bits per heavy atom. The number of hydrogen-bond acceptors (Lipinski definition) is 7. The normalized spacial score (nSPS) is 17.4. The Bertz CT molecular complexity index is 861. The van der Waals surface area contributed by atoms with Gasteiger partial charge in [0.1, 0.15) is 11.0 Å². The average Bonchev–Trinajstić information content (AvgIpc) is 2.79. The van der Waals surface area contributed by atoms with Crippen molar-refractivity contribution in [1.82, 2.24) is 25.1 Å². The van der Waals surface area contributed by atoms with Crippen molar-refractivity contribution in [3.8, 4) is 0 Å². The maximum absolute atomic E-state index is 12.7. The number of carbonyl (C=O) groups excluding carboxylic acids is 2. The minimum Gasteiger partial charge on any atom is -0.353 e. The number of carbonyl (C=O) groups is 2.